The van der Waals surface area contributed by atoms with E-state index in [-0.39, 0.29) is 4.90 Å². The molecule has 0 radical (unpaired) electrons. The maximum atomic E-state index is 12.6. The summed E-state index contributed by atoms with van der Waals surface area (Å²) in [4.78, 5) is 0.236. The Morgan fingerprint density at radius 3 is 2.53 bits per heavy atom. The summed E-state index contributed by atoms with van der Waals surface area (Å²) in [5, 5.41) is 0. The molecule has 1 aliphatic rings. The highest BCUT2D eigenvalue weighted by Crippen LogP contribution is 2.29. The molecule has 1 saturated heterocycles. The third kappa shape index (κ3) is 2.77. The first kappa shape index (κ1) is 14.3. The van der Waals surface area contributed by atoms with Crippen LogP contribution < -0.4 is 5.73 Å². The molecule has 1 fully saturated rings. The lowest BCUT2D eigenvalue weighted by molar-refractivity contribution is 0.212. The van der Waals surface area contributed by atoms with Crippen molar-refractivity contribution in [3.8, 4) is 0 Å². The quantitative estimate of drug-likeness (QED) is 0.846. The first-order chi connectivity index (χ1) is 8.82. The fourth-order valence-corrected chi connectivity index (χ4v) is 4.14. The molecule has 2 unspecified atom stereocenters. The lowest BCUT2D eigenvalue weighted by Gasteiger charge is -2.34. The lowest BCUT2D eigenvalue weighted by Crippen LogP contribution is -2.42. The number of rotatable bonds is 2. The van der Waals surface area contributed by atoms with Crippen molar-refractivity contribution in [2.45, 2.75) is 32.1 Å². The molecule has 0 saturated carbocycles. The number of nitrogens with zero attached hydrogens (tertiary/aromatic N) is 1. The highest BCUT2D eigenvalue weighted by atomic mass is 32.2. The molecule has 0 aliphatic carbocycles. The highest BCUT2D eigenvalue weighted by Gasteiger charge is 2.32. The van der Waals surface area contributed by atoms with Crippen LogP contribution in [0.1, 0.15) is 25.8 Å². The Hall–Kier alpha value is -1.07. The van der Waals surface area contributed by atoms with Crippen LogP contribution in [0.15, 0.2) is 23.1 Å². The van der Waals surface area contributed by atoms with Crippen LogP contribution in [0.2, 0.25) is 0 Å². The van der Waals surface area contributed by atoms with Gasteiger partial charge in [0.2, 0.25) is 10.0 Å². The van der Waals surface area contributed by atoms with Crippen LogP contribution in [0.4, 0.5) is 5.69 Å². The molecule has 1 aromatic carbocycles. The van der Waals surface area contributed by atoms with E-state index < -0.39 is 10.0 Å². The normalized spacial score (nSPS) is 25.4. The molecule has 1 aliphatic heterocycles. The molecule has 2 N–H and O–H groups in total. The van der Waals surface area contributed by atoms with Gasteiger partial charge in [-0.25, -0.2) is 8.42 Å². The Morgan fingerprint density at radius 1 is 1.26 bits per heavy atom. The van der Waals surface area contributed by atoms with Crippen molar-refractivity contribution in [1.29, 1.82) is 0 Å². The van der Waals surface area contributed by atoms with Gasteiger partial charge in [0.05, 0.1) is 5.69 Å². The predicted molar refractivity (Wildman–Crippen MR) is 77.3 cm³/mol. The molecule has 0 aromatic heterocycles. The molecular weight excluding hydrogens is 260 g/mol. The zero-order valence-electron chi connectivity index (χ0n) is 11.8. The van der Waals surface area contributed by atoms with Crippen molar-refractivity contribution < 1.29 is 8.42 Å². The first-order valence-corrected chi connectivity index (χ1v) is 8.12. The second kappa shape index (κ2) is 5.13. The van der Waals surface area contributed by atoms with E-state index in [0.29, 0.717) is 30.6 Å². The molecule has 1 aromatic rings. The fourth-order valence-electron chi connectivity index (χ4n) is 2.48. The number of hydrogen-bond donors (Lipinski definition) is 1. The molecule has 106 valence electrons. The third-order valence-corrected chi connectivity index (χ3v) is 6.02. The first-order valence-electron chi connectivity index (χ1n) is 6.68. The summed E-state index contributed by atoms with van der Waals surface area (Å²) in [7, 11) is -3.46. The summed E-state index contributed by atoms with van der Waals surface area (Å²) in [6.45, 7) is 7.34. The zero-order chi connectivity index (χ0) is 14.2. The van der Waals surface area contributed by atoms with Gasteiger partial charge in [0.25, 0.3) is 0 Å². The van der Waals surface area contributed by atoms with Gasteiger partial charge < -0.3 is 5.73 Å². The van der Waals surface area contributed by atoms with Gasteiger partial charge in [0.1, 0.15) is 4.90 Å². The Morgan fingerprint density at radius 2 is 1.95 bits per heavy atom. The number of hydrogen-bond acceptors (Lipinski definition) is 3. The minimum atomic E-state index is -3.46. The molecule has 2 rings (SSSR count). The largest absolute Gasteiger partial charge is 0.398 e. The van der Waals surface area contributed by atoms with Crippen molar-refractivity contribution >= 4 is 15.7 Å². The molecule has 0 amide bonds. The van der Waals surface area contributed by atoms with E-state index in [2.05, 4.69) is 13.8 Å². The summed E-state index contributed by atoms with van der Waals surface area (Å²) in [6.07, 6.45) is 0.909. The SMILES string of the molecule is Cc1ccc(S(=O)(=O)N2CCC(C)C(C)C2)c(N)c1. The van der Waals surface area contributed by atoms with Crippen LogP contribution >= 0.6 is 0 Å². The van der Waals surface area contributed by atoms with Gasteiger partial charge in [-0.05, 0) is 42.9 Å². The minimum Gasteiger partial charge on any atom is -0.398 e. The lowest BCUT2D eigenvalue weighted by atomic mass is 9.90. The summed E-state index contributed by atoms with van der Waals surface area (Å²) in [5.41, 5.74) is 7.18. The van der Waals surface area contributed by atoms with E-state index >= 15 is 0 Å². The van der Waals surface area contributed by atoms with E-state index in [1.807, 2.05) is 6.92 Å². The zero-order valence-corrected chi connectivity index (χ0v) is 12.6. The maximum absolute atomic E-state index is 12.6. The van der Waals surface area contributed by atoms with Crippen molar-refractivity contribution in [2.75, 3.05) is 18.8 Å². The van der Waals surface area contributed by atoms with Crippen molar-refractivity contribution in [3.05, 3.63) is 23.8 Å². The molecule has 0 bridgehead atoms. The van der Waals surface area contributed by atoms with Crippen LogP contribution in [0, 0.1) is 18.8 Å². The summed E-state index contributed by atoms with van der Waals surface area (Å²) in [6, 6.07) is 5.12. The summed E-state index contributed by atoms with van der Waals surface area (Å²) < 4.78 is 26.8. The fraction of sp³-hybridized carbons (Fsp3) is 0.571. The number of anilines is 1. The summed E-state index contributed by atoms with van der Waals surface area (Å²) >= 11 is 0. The Bertz CT molecular complexity index is 569. The molecular formula is C14H22N2O2S. The Balaban J connectivity index is 2.32. The molecule has 1 heterocycles. The van der Waals surface area contributed by atoms with Gasteiger partial charge in [-0.2, -0.15) is 4.31 Å². The number of benzene rings is 1. The number of nitrogens with two attached hydrogens (primary N) is 1. The van der Waals surface area contributed by atoms with E-state index in [1.165, 1.54) is 0 Å². The topological polar surface area (TPSA) is 63.4 Å². The third-order valence-electron chi connectivity index (χ3n) is 4.08. The van der Waals surface area contributed by atoms with Crippen LogP contribution in [0.3, 0.4) is 0 Å². The second-order valence-electron chi connectivity index (χ2n) is 5.65. The van der Waals surface area contributed by atoms with Gasteiger partial charge in [-0.15, -0.1) is 0 Å². The molecule has 19 heavy (non-hydrogen) atoms. The highest BCUT2D eigenvalue weighted by molar-refractivity contribution is 7.89. The van der Waals surface area contributed by atoms with Crippen LogP contribution in [-0.2, 0) is 10.0 Å². The molecule has 0 spiro atoms. The van der Waals surface area contributed by atoms with Crippen LogP contribution in [-0.4, -0.2) is 25.8 Å². The Labute approximate surface area is 115 Å². The van der Waals surface area contributed by atoms with E-state index in [1.54, 1.807) is 22.5 Å². The molecule has 2 atom stereocenters. The average molecular weight is 282 g/mol. The van der Waals surface area contributed by atoms with Gasteiger partial charge in [0.15, 0.2) is 0 Å². The predicted octanol–water partition coefficient (Wildman–Crippen LogP) is 2.24. The number of aryl methyl sites for hydroxylation is 1. The van der Waals surface area contributed by atoms with E-state index in [4.69, 9.17) is 5.73 Å². The standard InChI is InChI=1S/C14H22N2O2S/c1-10-4-5-14(13(15)8-10)19(17,18)16-7-6-11(2)12(3)9-16/h4-5,8,11-12H,6-7,9,15H2,1-3H3. The molecule has 4 nitrogen and oxygen atoms in total. The van der Waals surface area contributed by atoms with E-state index in [0.717, 1.165) is 12.0 Å². The second-order valence-corrected chi connectivity index (χ2v) is 7.55. The van der Waals surface area contributed by atoms with Crippen molar-refractivity contribution in [3.63, 3.8) is 0 Å². The number of sulfonamides is 1. The maximum Gasteiger partial charge on any atom is 0.245 e. The smallest absolute Gasteiger partial charge is 0.245 e. The summed E-state index contributed by atoms with van der Waals surface area (Å²) in [5.74, 6) is 0.956. The minimum absolute atomic E-state index is 0.236. The van der Waals surface area contributed by atoms with Crippen LogP contribution in [0.5, 0.6) is 0 Å². The monoisotopic (exact) mass is 282 g/mol. The number of nitrogen functional groups attached to an aromatic ring is 1. The van der Waals surface area contributed by atoms with E-state index in [9.17, 15) is 8.42 Å². The average Bonchev–Trinajstić information content (AvgIpc) is 2.32. The van der Waals surface area contributed by atoms with Gasteiger partial charge >= 0.3 is 0 Å². The van der Waals surface area contributed by atoms with Gasteiger partial charge in [-0.1, -0.05) is 19.9 Å². The van der Waals surface area contributed by atoms with Gasteiger partial charge in [0, 0.05) is 13.1 Å². The van der Waals surface area contributed by atoms with Gasteiger partial charge in [-0.3, -0.25) is 0 Å². The molecule has 5 heteroatoms. The van der Waals surface area contributed by atoms with Crippen molar-refractivity contribution in [2.24, 2.45) is 11.8 Å². The Kier molecular flexibility index (Phi) is 3.87. The van der Waals surface area contributed by atoms with Crippen molar-refractivity contribution in [1.82, 2.24) is 4.31 Å². The van der Waals surface area contributed by atoms with Crippen LogP contribution in [0.25, 0.3) is 0 Å². The number of piperidine rings is 1.